The first-order valence-corrected chi connectivity index (χ1v) is 10.4. The van der Waals surface area contributed by atoms with E-state index in [2.05, 4.69) is 5.32 Å². The second-order valence-corrected chi connectivity index (χ2v) is 8.91. The second kappa shape index (κ2) is 7.40. The molecule has 0 radical (unpaired) electrons. The summed E-state index contributed by atoms with van der Waals surface area (Å²) in [6.45, 7) is 2.51. The van der Waals surface area contributed by atoms with Crippen LogP contribution in [0.15, 0.2) is 15.4 Å². The number of amides is 1. The first-order chi connectivity index (χ1) is 12.3. The third-order valence-corrected chi connectivity index (χ3v) is 7.20. The van der Waals surface area contributed by atoms with Crippen molar-refractivity contribution >= 4 is 21.9 Å². The minimum atomic E-state index is -3.64. The van der Waals surface area contributed by atoms with Gasteiger partial charge in [0, 0.05) is 25.2 Å². The Morgan fingerprint density at radius 1 is 1.19 bits per heavy atom. The van der Waals surface area contributed by atoms with Gasteiger partial charge in [-0.3, -0.25) is 9.59 Å². The van der Waals surface area contributed by atoms with Crippen molar-refractivity contribution < 1.29 is 27.5 Å². The van der Waals surface area contributed by atoms with Gasteiger partial charge in [-0.2, -0.15) is 4.31 Å². The number of nitrogens with one attached hydrogen (secondary N) is 1. The van der Waals surface area contributed by atoms with Crippen LogP contribution in [0.4, 0.5) is 0 Å². The molecule has 0 atom stereocenters. The number of aryl methyl sites for hydroxylation is 1. The van der Waals surface area contributed by atoms with Crippen molar-refractivity contribution in [2.75, 3.05) is 13.1 Å². The molecule has 1 aliphatic carbocycles. The van der Waals surface area contributed by atoms with E-state index in [0.717, 1.165) is 12.8 Å². The molecule has 0 aromatic carbocycles. The van der Waals surface area contributed by atoms with E-state index in [1.54, 1.807) is 0 Å². The maximum absolute atomic E-state index is 12.7. The Balaban J connectivity index is 1.67. The monoisotopic (exact) mass is 384 g/mol. The molecule has 8 nitrogen and oxygen atoms in total. The largest absolute Gasteiger partial charge is 0.481 e. The highest BCUT2D eigenvalue weighted by Gasteiger charge is 2.32. The average Bonchev–Trinajstić information content (AvgIpc) is 3.25. The van der Waals surface area contributed by atoms with Crippen LogP contribution < -0.4 is 5.32 Å². The highest BCUT2D eigenvalue weighted by Crippen LogP contribution is 2.27. The fourth-order valence-electron chi connectivity index (χ4n) is 3.64. The molecule has 0 spiro atoms. The molecule has 3 rings (SSSR count). The molecule has 1 amide bonds. The first kappa shape index (κ1) is 18.9. The maximum Gasteiger partial charge on any atom is 0.306 e. The number of furan rings is 1. The summed E-state index contributed by atoms with van der Waals surface area (Å²) >= 11 is 0. The number of sulfonamides is 1. The summed E-state index contributed by atoms with van der Waals surface area (Å²) < 4.78 is 32.1. The van der Waals surface area contributed by atoms with Crippen molar-refractivity contribution in [2.45, 2.75) is 56.4 Å². The lowest BCUT2D eigenvalue weighted by molar-refractivity contribution is -0.142. The SMILES string of the molecule is Cc1oc(C(=O)NC2CCC(C(=O)O)CC2)cc1S(=O)(=O)N1CCCC1. The Kier molecular flexibility index (Phi) is 5.38. The third-order valence-electron chi connectivity index (χ3n) is 5.19. The van der Waals surface area contributed by atoms with Crippen LogP contribution >= 0.6 is 0 Å². The second-order valence-electron chi connectivity index (χ2n) is 7.00. The Labute approximate surface area is 152 Å². The van der Waals surface area contributed by atoms with Crippen molar-refractivity contribution in [1.29, 1.82) is 0 Å². The summed E-state index contributed by atoms with van der Waals surface area (Å²) in [5, 5.41) is 11.8. The minimum absolute atomic E-state index is 0.0272. The lowest BCUT2D eigenvalue weighted by Crippen LogP contribution is -2.38. The predicted octanol–water partition coefficient (Wildman–Crippen LogP) is 1.75. The van der Waals surface area contributed by atoms with Gasteiger partial charge in [-0.15, -0.1) is 0 Å². The molecule has 1 aliphatic heterocycles. The van der Waals surface area contributed by atoms with Gasteiger partial charge in [-0.25, -0.2) is 8.42 Å². The number of rotatable bonds is 5. The Hall–Kier alpha value is -1.87. The molecule has 1 aromatic rings. The van der Waals surface area contributed by atoms with Gasteiger partial charge in [0.25, 0.3) is 5.91 Å². The molecular weight excluding hydrogens is 360 g/mol. The van der Waals surface area contributed by atoms with Crippen molar-refractivity contribution in [3.05, 3.63) is 17.6 Å². The standard InChI is InChI=1S/C17H24N2O6S/c1-11-15(26(23,24)19-8-2-3-9-19)10-14(25-11)16(20)18-13-6-4-12(5-7-13)17(21)22/h10,12-13H,2-9H2,1H3,(H,18,20)(H,21,22). The summed E-state index contributed by atoms with van der Waals surface area (Å²) in [5.41, 5.74) is 0. The van der Waals surface area contributed by atoms with Crippen LogP contribution in [0.25, 0.3) is 0 Å². The molecule has 0 unspecified atom stereocenters. The zero-order valence-corrected chi connectivity index (χ0v) is 15.5. The van der Waals surface area contributed by atoms with Crippen LogP contribution in [-0.4, -0.2) is 48.8 Å². The van der Waals surface area contributed by atoms with Crippen LogP contribution in [0.1, 0.15) is 54.8 Å². The molecule has 9 heteroatoms. The van der Waals surface area contributed by atoms with Crippen LogP contribution in [0.2, 0.25) is 0 Å². The lowest BCUT2D eigenvalue weighted by Gasteiger charge is -2.26. The van der Waals surface area contributed by atoms with Crippen molar-refractivity contribution in [3.8, 4) is 0 Å². The van der Waals surface area contributed by atoms with E-state index in [9.17, 15) is 18.0 Å². The summed E-state index contributed by atoms with van der Waals surface area (Å²) in [6, 6.07) is 1.17. The molecule has 1 aromatic heterocycles. The zero-order valence-electron chi connectivity index (χ0n) is 14.7. The van der Waals surface area contributed by atoms with Gasteiger partial charge in [-0.05, 0) is 45.4 Å². The van der Waals surface area contributed by atoms with E-state index >= 15 is 0 Å². The van der Waals surface area contributed by atoms with Crippen LogP contribution in [0, 0.1) is 12.8 Å². The van der Waals surface area contributed by atoms with Gasteiger partial charge in [-0.1, -0.05) is 0 Å². The molecule has 26 heavy (non-hydrogen) atoms. The van der Waals surface area contributed by atoms with Gasteiger partial charge in [0.05, 0.1) is 5.92 Å². The number of nitrogens with zero attached hydrogens (tertiary/aromatic N) is 1. The molecule has 144 valence electrons. The van der Waals surface area contributed by atoms with Gasteiger partial charge in [0.1, 0.15) is 10.7 Å². The number of carboxylic acid groups (broad SMARTS) is 1. The average molecular weight is 384 g/mol. The number of aliphatic carboxylic acids is 1. The lowest BCUT2D eigenvalue weighted by atomic mass is 9.86. The zero-order chi connectivity index (χ0) is 18.9. The summed E-state index contributed by atoms with van der Waals surface area (Å²) in [7, 11) is -3.64. The van der Waals surface area contributed by atoms with E-state index in [1.165, 1.54) is 17.3 Å². The van der Waals surface area contributed by atoms with Crippen LogP contribution in [0.3, 0.4) is 0 Å². The van der Waals surface area contributed by atoms with Crippen molar-refractivity contribution in [1.82, 2.24) is 9.62 Å². The van der Waals surface area contributed by atoms with Gasteiger partial charge in [0.2, 0.25) is 10.0 Å². The molecule has 2 heterocycles. The van der Waals surface area contributed by atoms with E-state index in [4.69, 9.17) is 9.52 Å². The van der Waals surface area contributed by atoms with Crippen LogP contribution in [-0.2, 0) is 14.8 Å². The van der Waals surface area contributed by atoms with Gasteiger partial charge < -0.3 is 14.8 Å². The third kappa shape index (κ3) is 3.78. The number of carboxylic acids is 1. The van der Waals surface area contributed by atoms with Gasteiger partial charge >= 0.3 is 5.97 Å². The molecule has 1 saturated carbocycles. The smallest absolute Gasteiger partial charge is 0.306 e. The Morgan fingerprint density at radius 3 is 2.38 bits per heavy atom. The Bertz CT molecular complexity index is 786. The van der Waals surface area contributed by atoms with E-state index in [0.29, 0.717) is 38.8 Å². The number of hydrogen-bond acceptors (Lipinski definition) is 5. The highest BCUT2D eigenvalue weighted by molar-refractivity contribution is 7.89. The molecule has 2 aliphatic rings. The fourth-order valence-corrected chi connectivity index (χ4v) is 5.32. The highest BCUT2D eigenvalue weighted by atomic mass is 32.2. The normalized spacial score (nSPS) is 24.5. The molecule has 2 fully saturated rings. The molecule has 0 bridgehead atoms. The van der Waals surface area contributed by atoms with Crippen molar-refractivity contribution in [3.63, 3.8) is 0 Å². The number of carbonyl (C=O) groups excluding carboxylic acids is 1. The van der Waals surface area contributed by atoms with E-state index in [-0.39, 0.29) is 28.4 Å². The summed E-state index contributed by atoms with van der Waals surface area (Å²) in [6.07, 6.45) is 3.88. The molecular formula is C17H24N2O6S. The molecule has 2 N–H and O–H groups in total. The number of hydrogen-bond donors (Lipinski definition) is 2. The topological polar surface area (TPSA) is 117 Å². The first-order valence-electron chi connectivity index (χ1n) is 8.93. The predicted molar refractivity (Wildman–Crippen MR) is 92.3 cm³/mol. The summed E-state index contributed by atoms with van der Waals surface area (Å²) in [4.78, 5) is 23.4. The van der Waals surface area contributed by atoms with Gasteiger partial charge in [0.15, 0.2) is 5.76 Å². The fraction of sp³-hybridized carbons (Fsp3) is 0.647. The Morgan fingerprint density at radius 2 is 1.81 bits per heavy atom. The van der Waals surface area contributed by atoms with Crippen molar-refractivity contribution in [2.24, 2.45) is 5.92 Å². The summed E-state index contributed by atoms with van der Waals surface area (Å²) in [5.74, 6) is -1.44. The number of carbonyl (C=O) groups is 2. The van der Waals surface area contributed by atoms with E-state index in [1.807, 2.05) is 0 Å². The van der Waals surface area contributed by atoms with E-state index < -0.39 is 21.9 Å². The minimum Gasteiger partial charge on any atom is -0.481 e. The maximum atomic E-state index is 12.7. The molecule has 1 saturated heterocycles. The van der Waals surface area contributed by atoms with Crippen LogP contribution in [0.5, 0.6) is 0 Å². The quantitative estimate of drug-likeness (QED) is 0.799.